The van der Waals surface area contributed by atoms with E-state index in [0.717, 1.165) is 0 Å². The van der Waals surface area contributed by atoms with Crippen molar-refractivity contribution in [1.29, 1.82) is 5.26 Å². The van der Waals surface area contributed by atoms with Crippen LogP contribution in [0.1, 0.15) is 23.7 Å². The summed E-state index contributed by atoms with van der Waals surface area (Å²) in [4.78, 5) is 15.2. The highest BCUT2D eigenvalue weighted by molar-refractivity contribution is 5.73. The van der Waals surface area contributed by atoms with Gasteiger partial charge in [-0.15, -0.1) is 0 Å². The third-order valence-corrected chi connectivity index (χ3v) is 1.98. The van der Waals surface area contributed by atoms with Gasteiger partial charge < -0.3 is 4.74 Å². The van der Waals surface area contributed by atoms with Crippen molar-refractivity contribution in [3.63, 3.8) is 0 Å². The van der Waals surface area contributed by atoms with E-state index in [0.29, 0.717) is 23.4 Å². The van der Waals surface area contributed by atoms with Crippen LogP contribution in [0.4, 0.5) is 0 Å². The molecule has 1 aromatic heterocycles. The predicted molar refractivity (Wildman–Crippen MR) is 54.0 cm³/mol. The number of carbonyl (C=O) groups excluding carboxylic acids is 1. The van der Waals surface area contributed by atoms with Crippen LogP contribution in [-0.4, -0.2) is 17.6 Å². The Kier molecular flexibility index (Phi) is 3.81. The molecule has 0 saturated carbocycles. The standard InChI is InChI=1S/C11H12N2O2/c1-3-15-11(14)6-9-4-5-13-8(2)10(9)7-12/h4-5H,3,6H2,1-2H3. The minimum absolute atomic E-state index is 0.125. The monoisotopic (exact) mass is 204 g/mol. The molecule has 0 aliphatic rings. The lowest BCUT2D eigenvalue weighted by Gasteiger charge is -2.05. The maximum Gasteiger partial charge on any atom is 0.310 e. The molecule has 78 valence electrons. The molecule has 0 unspecified atom stereocenters. The predicted octanol–water partition coefficient (Wildman–Crippen LogP) is 1.37. The molecular formula is C11H12N2O2. The van der Waals surface area contributed by atoms with Gasteiger partial charge >= 0.3 is 5.97 Å². The Labute approximate surface area is 88.5 Å². The molecule has 4 heteroatoms. The molecule has 1 heterocycles. The first kappa shape index (κ1) is 11.2. The van der Waals surface area contributed by atoms with Gasteiger partial charge in [-0.1, -0.05) is 0 Å². The molecule has 0 N–H and O–H groups in total. The number of nitriles is 1. The van der Waals surface area contributed by atoms with Crippen LogP contribution in [0, 0.1) is 18.3 Å². The molecule has 0 spiro atoms. The molecule has 1 aromatic rings. The Morgan fingerprint density at radius 2 is 2.40 bits per heavy atom. The lowest BCUT2D eigenvalue weighted by atomic mass is 10.1. The van der Waals surface area contributed by atoms with Gasteiger partial charge in [-0.05, 0) is 25.5 Å². The minimum Gasteiger partial charge on any atom is -0.466 e. The number of aromatic nitrogens is 1. The highest BCUT2D eigenvalue weighted by atomic mass is 16.5. The number of hydrogen-bond acceptors (Lipinski definition) is 4. The van der Waals surface area contributed by atoms with Crippen molar-refractivity contribution in [2.24, 2.45) is 0 Å². The number of esters is 1. The molecular weight excluding hydrogens is 192 g/mol. The highest BCUT2D eigenvalue weighted by Gasteiger charge is 2.10. The molecule has 0 aliphatic carbocycles. The van der Waals surface area contributed by atoms with Crippen LogP contribution in [0.2, 0.25) is 0 Å². The summed E-state index contributed by atoms with van der Waals surface area (Å²) in [7, 11) is 0. The fourth-order valence-corrected chi connectivity index (χ4v) is 1.29. The smallest absolute Gasteiger partial charge is 0.310 e. The molecule has 0 bridgehead atoms. The Morgan fingerprint density at radius 3 is 3.00 bits per heavy atom. The van der Waals surface area contributed by atoms with Crippen molar-refractivity contribution in [3.05, 3.63) is 29.1 Å². The largest absolute Gasteiger partial charge is 0.466 e. The van der Waals surface area contributed by atoms with Gasteiger partial charge in [0, 0.05) is 6.20 Å². The average Bonchev–Trinajstić information content (AvgIpc) is 2.18. The molecule has 0 aromatic carbocycles. The maximum absolute atomic E-state index is 11.2. The first-order chi connectivity index (χ1) is 7.19. The van der Waals surface area contributed by atoms with Gasteiger partial charge in [0.25, 0.3) is 0 Å². The lowest BCUT2D eigenvalue weighted by molar-refractivity contribution is -0.142. The summed E-state index contributed by atoms with van der Waals surface area (Å²) in [5.74, 6) is -0.320. The van der Waals surface area contributed by atoms with E-state index in [4.69, 9.17) is 10.00 Å². The third kappa shape index (κ3) is 2.78. The van der Waals surface area contributed by atoms with Crippen LogP contribution in [0.3, 0.4) is 0 Å². The molecule has 1 rings (SSSR count). The van der Waals surface area contributed by atoms with Crippen LogP contribution in [0.5, 0.6) is 0 Å². The van der Waals surface area contributed by atoms with Gasteiger partial charge in [0.05, 0.1) is 24.3 Å². The summed E-state index contributed by atoms with van der Waals surface area (Å²) >= 11 is 0. The third-order valence-electron chi connectivity index (χ3n) is 1.98. The zero-order chi connectivity index (χ0) is 11.3. The van der Waals surface area contributed by atoms with Gasteiger partial charge in [0.15, 0.2) is 0 Å². The minimum atomic E-state index is -0.320. The first-order valence-corrected chi connectivity index (χ1v) is 4.69. The molecule has 0 amide bonds. The van der Waals surface area contributed by atoms with Crippen molar-refractivity contribution in [1.82, 2.24) is 4.98 Å². The topological polar surface area (TPSA) is 63.0 Å². The van der Waals surface area contributed by atoms with E-state index in [1.807, 2.05) is 6.07 Å². The lowest BCUT2D eigenvalue weighted by Crippen LogP contribution is -2.09. The highest BCUT2D eigenvalue weighted by Crippen LogP contribution is 2.11. The van der Waals surface area contributed by atoms with E-state index >= 15 is 0 Å². The van der Waals surface area contributed by atoms with Crippen molar-refractivity contribution >= 4 is 5.97 Å². The average molecular weight is 204 g/mol. The zero-order valence-electron chi connectivity index (χ0n) is 8.78. The number of ether oxygens (including phenoxy) is 1. The first-order valence-electron chi connectivity index (χ1n) is 4.69. The number of aryl methyl sites for hydroxylation is 1. The molecule has 4 nitrogen and oxygen atoms in total. The van der Waals surface area contributed by atoms with Crippen LogP contribution in [0.15, 0.2) is 12.3 Å². The Bertz CT molecular complexity index is 408. The second-order valence-electron chi connectivity index (χ2n) is 3.02. The number of carbonyl (C=O) groups is 1. The Hall–Kier alpha value is -1.89. The van der Waals surface area contributed by atoms with E-state index in [1.165, 1.54) is 0 Å². The maximum atomic E-state index is 11.2. The number of pyridine rings is 1. The second kappa shape index (κ2) is 5.11. The summed E-state index contributed by atoms with van der Waals surface area (Å²) < 4.78 is 4.82. The van der Waals surface area contributed by atoms with E-state index < -0.39 is 0 Å². The summed E-state index contributed by atoms with van der Waals surface area (Å²) in [6.07, 6.45) is 1.71. The summed E-state index contributed by atoms with van der Waals surface area (Å²) in [5, 5.41) is 8.90. The van der Waals surface area contributed by atoms with Crippen LogP contribution < -0.4 is 0 Å². The van der Waals surface area contributed by atoms with Gasteiger partial charge in [-0.2, -0.15) is 5.26 Å². The summed E-state index contributed by atoms with van der Waals surface area (Å²) in [6.45, 7) is 3.85. The zero-order valence-corrected chi connectivity index (χ0v) is 8.78. The van der Waals surface area contributed by atoms with Crippen LogP contribution >= 0.6 is 0 Å². The summed E-state index contributed by atoms with van der Waals surface area (Å²) in [6, 6.07) is 3.71. The van der Waals surface area contributed by atoms with Gasteiger partial charge in [-0.25, -0.2) is 0 Å². The van der Waals surface area contributed by atoms with Gasteiger partial charge in [0.2, 0.25) is 0 Å². The molecule has 15 heavy (non-hydrogen) atoms. The number of hydrogen-bond donors (Lipinski definition) is 0. The van der Waals surface area contributed by atoms with Crippen molar-refractivity contribution in [2.75, 3.05) is 6.61 Å². The quantitative estimate of drug-likeness (QED) is 0.697. The number of rotatable bonds is 3. The Balaban J connectivity index is 2.91. The molecule has 0 saturated heterocycles. The second-order valence-corrected chi connectivity index (χ2v) is 3.02. The van der Waals surface area contributed by atoms with Crippen molar-refractivity contribution in [3.8, 4) is 6.07 Å². The van der Waals surface area contributed by atoms with E-state index in [9.17, 15) is 4.79 Å². The number of nitrogens with zero attached hydrogens (tertiary/aromatic N) is 2. The fourth-order valence-electron chi connectivity index (χ4n) is 1.29. The van der Waals surface area contributed by atoms with Crippen molar-refractivity contribution in [2.45, 2.75) is 20.3 Å². The van der Waals surface area contributed by atoms with E-state index in [2.05, 4.69) is 4.98 Å². The van der Waals surface area contributed by atoms with Crippen LogP contribution in [-0.2, 0) is 16.0 Å². The SMILES string of the molecule is CCOC(=O)Cc1ccnc(C)c1C#N. The van der Waals surface area contributed by atoms with Crippen LogP contribution in [0.25, 0.3) is 0 Å². The van der Waals surface area contributed by atoms with E-state index in [1.54, 1.807) is 26.1 Å². The molecule has 0 atom stereocenters. The van der Waals surface area contributed by atoms with Gasteiger partial charge in [-0.3, -0.25) is 9.78 Å². The Morgan fingerprint density at radius 1 is 1.67 bits per heavy atom. The summed E-state index contributed by atoms with van der Waals surface area (Å²) in [5.41, 5.74) is 1.77. The molecule has 0 fully saturated rings. The van der Waals surface area contributed by atoms with E-state index in [-0.39, 0.29) is 12.4 Å². The molecule has 0 aliphatic heterocycles. The van der Waals surface area contributed by atoms with Crippen molar-refractivity contribution < 1.29 is 9.53 Å². The fraction of sp³-hybridized carbons (Fsp3) is 0.364. The van der Waals surface area contributed by atoms with Gasteiger partial charge in [0.1, 0.15) is 6.07 Å². The normalized spacial score (nSPS) is 9.40. The molecule has 0 radical (unpaired) electrons.